The van der Waals surface area contributed by atoms with Crippen LogP contribution in [0.4, 0.5) is 4.79 Å². The molecule has 0 aliphatic carbocycles. The molecule has 2 N–H and O–H groups in total. The van der Waals surface area contributed by atoms with Gasteiger partial charge in [0.25, 0.3) is 0 Å². The highest BCUT2D eigenvalue weighted by atomic mass is 79.9. The fourth-order valence-electron chi connectivity index (χ4n) is 1.57. The molecule has 6 heteroatoms. The first-order chi connectivity index (χ1) is 7.18. The Bertz CT molecular complexity index is 400. The van der Waals surface area contributed by atoms with E-state index in [4.69, 9.17) is 4.74 Å². The third-order valence-electron chi connectivity index (χ3n) is 2.33. The second kappa shape index (κ2) is 5.41. The maximum atomic E-state index is 11.0. The van der Waals surface area contributed by atoms with Crippen LogP contribution in [0.2, 0.25) is 0 Å². The first kappa shape index (κ1) is 13.1. The number of hydrogen-bond acceptors (Lipinski definition) is 3. The SMILES string of the molecule is Cl.O=C1N[C@@H](c2cccc(Br)c2O)CCO1. The fraction of sp³-hybridized carbons (Fsp3) is 0.300. The minimum Gasteiger partial charge on any atom is -0.506 e. The largest absolute Gasteiger partial charge is 0.506 e. The number of phenols is 1. The zero-order valence-electron chi connectivity index (χ0n) is 8.27. The fourth-order valence-corrected chi connectivity index (χ4v) is 1.95. The van der Waals surface area contributed by atoms with Crippen molar-refractivity contribution >= 4 is 34.4 Å². The predicted molar refractivity (Wildman–Crippen MR) is 64.9 cm³/mol. The van der Waals surface area contributed by atoms with Crippen LogP contribution < -0.4 is 5.32 Å². The van der Waals surface area contributed by atoms with E-state index in [-0.39, 0.29) is 24.2 Å². The van der Waals surface area contributed by atoms with Gasteiger partial charge in [-0.05, 0) is 22.0 Å². The van der Waals surface area contributed by atoms with Crippen LogP contribution in [-0.4, -0.2) is 17.8 Å². The molecule has 4 nitrogen and oxygen atoms in total. The molecule has 88 valence electrons. The van der Waals surface area contributed by atoms with E-state index in [9.17, 15) is 9.90 Å². The molecular weight excluding hydrogens is 297 g/mol. The summed E-state index contributed by atoms with van der Waals surface area (Å²) in [6.45, 7) is 0.377. The van der Waals surface area contributed by atoms with E-state index < -0.39 is 6.09 Å². The maximum Gasteiger partial charge on any atom is 0.407 e. The van der Waals surface area contributed by atoms with E-state index in [0.717, 1.165) is 0 Å². The molecule has 0 radical (unpaired) electrons. The molecule has 1 aromatic carbocycles. The summed E-state index contributed by atoms with van der Waals surface area (Å²) in [5.41, 5.74) is 0.709. The van der Waals surface area contributed by atoms with Gasteiger partial charge >= 0.3 is 6.09 Å². The van der Waals surface area contributed by atoms with Gasteiger partial charge in [0.15, 0.2) is 0 Å². The molecule has 0 spiro atoms. The van der Waals surface area contributed by atoms with Gasteiger partial charge in [-0.3, -0.25) is 0 Å². The van der Waals surface area contributed by atoms with Gasteiger partial charge in [0.2, 0.25) is 0 Å². The Hall–Kier alpha value is -0.940. The number of nitrogens with one attached hydrogen (secondary N) is 1. The van der Waals surface area contributed by atoms with Crippen molar-refractivity contribution in [2.24, 2.45) is 0 Å². The minimum atomic E-state index is -0.439. The number of carbonyl (C=O) groups excluding carboxylic acids is 1. The van der Waals surface area contributed by atoms with Crippen molar-refractivity contribution in [3.8, 4) is 5.75 Å². The molecule has 16 heavy (non-hydrogen) atoms. The minimum absolute atomic E-state index is 0. The van der Waals surface area contributed by atoms with Crippen LogP contribution in [0.5, 0.6) is 5.75 Å². The second-order valence-corrected chi connectivity index (χ2v) is 4.15. The van der Waals surface area contributed by atoms with Crippen molar-refractivity contribution in [2.45, 2.75) is 12.5 Å². The van der Waals surface area contributed by atoms with Crippen molar-refractivity contribution in [3.63, 3.8) is 0 Å². The Morgan fingerprint density at radius 2 is 2.25 bits per heavy atom. The van der Waals surface area contributed by atoms with E-state index in [1.165, 1.54) is 0 Å². The molecule has 2 rings (SSSR count). The molecule has 0 saturated carbocycles. The molecule has 1 aliphatic rings. The molecule has 1 atom stereocenters. The predicted octanol–water partition coefficient (Wildman–Crippen LogP) is 2.75. The van der Waals surface area contributed by atoms with Crippen LogP contribution in [-0.2, 0) is 4.74 Å². The van der Waals surface area contributed by atoms with Gasteiger partial charge in [0.1, 0.15) is 5.75 Å². The van der Waals surface area contributed by atoms with Gasteiger partial charge in [-0.15, -0.1) is 12.4 Å². The summed E-state index contributed by atoms with van der Waals surface area (Å²) in [7, 11) is 0. The molecule has 0 aromatic heterocycles. The van der Waals surface area contributed by atoms with Crippen molar-refractivity contribution in [1.82, 2.24) is 5.32 Å². The van der Waals surface area contributed by atoms with E-state index in [0.29, 0.717) is 23.1 Å². The maximum absolute atomic E-state index is 11.0. The summed E-state index contributed by atoms with van der Waals surface area (Å²) >= 11 is 3.23. The number of phenolic OH excluding ortho intramolecular Hbond substituents is 1. The van der Waals surface area contributed by atoms with Crippen molar-refractivity contribution in [1.29, 1.82) is 0 Å². The summed E-state index contributed by atoms with van der Waals surface area (Å²) in [4.78, 5) is 11.0. The molecule has 1 aromatic rings. The molecule has 0 bridgehead atoms. The topological polar surface area (TPSA) is 58.6 Å². The molecule has 1 fully saturated rings. The lowest BCUT2D eigenvalue weighted by molar-refractivity contribution is 0.115. The number of rotatable bonds is 1. The van der Waals surface area contributed by atoms with E-state index in [1.54, 1.807) is 12.1 Å². The summed E-state index contributed by atoms with van der Waals surface area (Å²) in [5.74, 6) is 0.171. The Balaban J connectivity index is 0.00000128. The molecule has 0 unspecified atom stereocenters. The second-order valence-electron chi connectivity index (χ2n) is 3.30. The third-order valence-corrected chi connectivity index (χ3v) is 2.97. The highest BCUT2D eigenvalue weighted by Gasteiger charge is 2.23. The lowest BCUT2D eigenvalue weighted by Gasteiger charge is -2.24. The summed E-state index contributed by atoms with van der Waals surface area (Å²) in [5, 5.41) is 12.5. The Morgan fingerprint density at radius 3 is 2.94 bits per heavy atom. The smallest absolute Gasteiger partial charge is 0.407 e. The number of benzene rings is 1. The number of alkyl carbamates (subject to hydrolysis) is 1. The van der Waals surface area contributed by atoms with E-state index >= 15 is 0 Å². The summed E-state index contributed by atoms with van der Waals surface area (Å²) in [6.07, 6.45) is 0.223. The average molecular weight is 309 g/mol. The number of aromatic hydroxyl groups is 1. The van der Waals surface area contributed by atoms with Crippen LogP contribution in [0.15, 0.2) is 22.7 Å². The van der Waals surface area contributed by atoms with Crippen LogP contribution in [0.3, 0.4) is 0 Å². The lowest BCUT2D eigenvalue weighted by atomic mass is 10.0. The number of cyclic esters (lactones) is 1. The Morgan fingerprint density at radius 1 is 1.50 bits per heavy atom. The highest BCUT2D eigenvalue weighted by Crippen LogP contribution is 2.33. The van der Waals surface area contributed by atoms with Gasteiger partial charge in [0, 0.05) is 12.0 Å². The van der Waals surface area contributed by atoms with Gasteiger partial charge in [-0.25, -0.2) is 4.79 Å². The zero-order chi connectivity index (χ0) is 10.8. The van der Waals surface area contributed by atoms with Crippen LogP contribution in [0, 0.1) is 0 Å². The number of para-hydroxylation sites is 1. The average Bonchev–Trinajstić information content (AvgIpc) is 2.22. The van der Waals surface area contributed by atoms with E-state index in [2.05, 4.69) is 21.2 Å². The first-order valence-corrected chi connectivity index (χ1v) is 5.38. The molecule has 1 heterocycles. The highest BCUT2D eigenvalue weighted by molar-refractivity contribution is 9.10. The summed E-state index contributed by atoms with van der Waals surface area (Å²) in [6, 6.07) is 5.18. The number of ether oxygens (including phenoxy) is 1. The van der Waals surface area contributed by atoms with Crippen LogP contribution in [0.1, 0.15) is 18.0 Å². The number of amides is 1. The zero-order valence-corrected chi connectivity index (χ0v) is 10.7. The van der Waals surface area contributed by atoms with Crippen LogP contribution >= 0.6 is 28.3 Å². The standard InChI is InChI=1S/C10H10BrNO3.ClH/c11-7-3-1-2-6(9(7)13)8-4-5-15-10(14)12-8;/h1-3,8,13H,4-5H2,(H,12,14);1H/t8-;/m1./s1. The van der Waals surface area contributed by atoms with Gasteiger partial charge in [-0.1, -0.05) is 12.1 Å². The monoisotopic (exact) mass is 307 g/mol. The Labute approximate surface area is 108 Å². The van der Waals surface area contributed by atoms with Gasteiger partial charge in [0.05, 0.1) is 17.1 Å². The lowest BCUT2D eigenvalue weighted by Crippen LogP contribution is -2.35. The summed E-state index contributed by atoms with van der Waals surface area (Å²) < 4.78 is 5.38. The number of hydrogen-bond donors (Lipinski definition) is 2. The van der Waals surface area contributed by atoms with Crippen molar-refractivity contribution < 1.29 is 14.6 Å². The van der Waals surface area contributed by atoms with Gasteiger partial charge < -0.3 is 15.2 Å². The van der Waals surface area contributed by atoms with Gasteiger partial charge in [-0.2, -0.15) is 0 Å². The first-order valence-electron chi connectivity index (χ1n) is 4.59. The van der Waals surface area contributed by atoms with Crippen molar-refractivity contribution in [3.05, 3.63) is 28.2 Å². The number of carbonyl (C=O) groups is 1. The number of halogens is 2. The van der Waals surface area contributed by atoms with E-state index in [1.807, 2.05) is 6.07 Å². The van der Waals surface area contributed by atoms with Crippen LogP contribution in [0.25, 0.3) is 0 Å². The normalized spacial score (nSPS) is 19.3. The quantitative estimate of drug-likeness (QED) is 0.838. The third kappa shape index (κ3) is 2.59. The molecule has 1 saturated heterocycles. The molecular formula is C10H11BrClNO3. The van der Waals surface area contributed by atoms with Crippen molar-refractivity contribution in [2.75, 3.05) is 6.61 Å². The molecule has 1 aliphatic heterocycles. The Kier molecular flexibility index (Phi) is 4.44. The molecule has 1 amide bonds.